The molecular formula is C17H24N2O. The maximum absolute atomic E-state index is 12.3. The van der Waals surface area contributed by atoms with Crippen molar-refractivity contribution in [3.8, 4) is 0 Å². The smallest absolute Gasteiger partial charge is 0.225 e. The van der Waals surface area contributed by atoms with Crippen molar-refractivity contribution in [1.82, 2.24) is 5.32 Å². The van der Waals surface area contributed by atoms with Crippen LogP contribution in [0.4, 0.5) is 5.69 Å². The molecule has 2 aliphatic rings. The van der Waals surface area contributed by atoms with Crippen molar-refractivity contribution in [2.45, 2.75) is 46.1 Å². The summed E-state index contributed by atoms with van der Waals surface area (Å²) in [6, 6.07) is 6.73. The average Bonchev–Trinajstić information content (AvgIpc) is 2.41. The molecule has 3 heteroatoms. The lowest BCUT2D eigenvalue weighted by Crippen LogP contribution is -2.43. The third-order valence-electron chi connectivity index (χ3n) is 4.39. The first kappa shape index (κ1) is 13.5. The van der Waals surface area contributed by atoms with Gasteiger partial charge >= 0.3 is 0 Å². The number of benzene rings is 1. The lowest BCUT2D eigenvalue weighted by Gasteiger charge is -2.40. The van der Waals surface area contributed by atoms with Crippen molar-refractivity contribution < 1.29 is 4.79 Å². The van der Waals surface area contributed by atoms with E-state index in [-0.39, 0.29) is 17.4 Å². The zero-order valence-electron chi connectivity index (χ0n) is 12.7. The van der Waals surface area contributed by atoms with E-state index in [1.807, 2.05) is 20.8 Å². The molecule has 0 aliphatic carbocycles. The molecule has 0 bridgehead atoms. The fourth-order valence-electron chi connectivity index (χ4n) is 3.24. The Balaban J connectivity index is 1.91. The molecule has 1 aromatic carbocycles. The predicted octanol–water partition coefficient (Wildman–Crippen LogP) is 3.05. The predicted molar refractivity (Wildman–Crippen MR) is 81.9 cm³/mol. The zero-order valence-corrected chi connectivity index (χ0v) is 12.7. The average molecular weight is 272 g/mol. The Morgan fingerprint density at radius 3 is 2.85 bits per heavy atom. The molecule has 0 radical (unpaired) electrons. The second-order valence-corrected chi connectivity index (χ2v) is 7.01. The number of anilines is 1. The third-order valence-corrected chi connectivity index (χ3v) is 4.39. The van der Waals surface area contributed by atoms with Gasteiger partial charge in [-0.3, -0.25) is 4.79 Å². The molecule has 3 nitrogen and oxygen atoms in total. The summed E-state index contributed by atoms with van der Waals surface area (Å²) in [5, 5.41) is 3.25. The van der Waals surface area contributed by atoms with Gasteiger partial charge in [-0.15, -0.1) is 0 Å². The van der Waals surface area contributed by atoms with E-state index < -0.39 is 0 Å². The molecular weight excluding hydrogens is 248 g/mol. The van der Waals surface area contributed by atoms with Crippen molar-refractivity contribution in [3.63, 3.8) is 0 Å². The van der Waals surface area contributed by atoms with Gasteiger partial charge in [0.2, 0.25) is 5.91 Å². The van der Waals surface area contributed by atoms with Crippen LogP contribution in [0.5, 0.6) is 0 Å². The molecule has 1 N–H and O–H groups in total. The highest BCUT2D eigenvalue weighted by Gasteiger charge is 2.32. The molecule has 20 heavy (non-hydrogen) atoms. The molecule has 1 atom stereocenters. The van der Waals surface area contributed by atoms with E-state index in [1.165, 1.54) is 29.7 Å². The van der Waals surface area contributed by atoms with Crippen molar-refractivity contribution in [3.05, 3.63) is 29.3 Å². The fraction of sp³-hybridized carbons (Fsp3) is 0.588. The number of nitrogens with zero attached hydrogens (tertiary/aromatic N) is 1. The highest BCUT2D eigenvalue weighted by atomic mass is 16.2. The van der Waals surface area contributed by atoms with Crippen LogP contribution in [-0.2, 0) is 11.2 Å². The monoisotopic (exact) mass is 272 g/mol. The molecule has 1 amide bonds. The minimum Gasteiger partial charge on any atom is -0.371 e. The van der Waals surface area contributed by atoms with E-state index in [9.17, 15) is 4.79 Å². The largest absolute Gasteiger partial charge is 0.371 e. The zero-order chi connectivity index (χ0) is 14.3. The lowest BCUT2D eigenvalue weighted by molar-refractivity contribution is -0.129. The molecule has 0 fully saturated rings. The van der Waals surface area contributed by atoms with Crippen LogP contribution < -0.4 is 10.2 Å². The fourth-order valence-corrected chi connectivity index (χ4v) is 3.24. The Morgan fingerprint density at radius 1 is 1.30 bits per heavy atom. The number of aryl methyl sites for hydroxylation is 1. The first-order valence-electron chi connectivity index (χ1n) is 7.64. The van der Waals surface area contributed by atoms with E-state index in [2.05, 4.69) is 28.4 Å². The van der Waals surface area contributed by atoms with Gasteiger partial charge in [-0.2, -0.15) is 0 Å². The van der Waals surface area contributed by atoms with Crippen LogP contribution in [0.25, 0.3) is 0 Å². The van der Waals surface area contributed by atoms with Crippen molar-refractivity contribution >= 4 is 11.6 Å². The van der Waals surface area contributed by atoms with E-state index >= 15 is 0 Å². The summed E-state index contributed by atoms with van der Waals surface area (Å²) >= 11 is 0. The Hall–Kier alpha value is -1.51. The molecule has 108 valence electrons. The first-order chi connectivity index (χ1) is 9.47. The summed E-state index contributed by atoms with van der Waals surface area (Å²) < 4.78 is 0. The summed E-state index contributed by atoms with van der Waals surface area (Å²) in [7, 11) is 0. The van der Waals surface area contributed by atoms with E-state index in [0.29, 0.717) is 0 Å². The first-order valence-corrected chi connectivity index (χ1v) is 7.64. The van der Waals surface area contributed by atoms with Crippen LogP contribution in [0, 0.1) is 5.41 Å². The van der Waals surface area contributed by atoms with Crippen molar-refractivity contribution in [2.24, 2.45) is 5.41 Å². The quantitative estimate of drug-likeness (QED) is 0.852. The molecule has 0 aromatic heterocycles. The Labute approximate surface area is 121 Å². The number of carbonyl (C=O) groups is 1. The summed E-state index contributed by atoms with van der Waals surface area (Å²) in [6.07, 6.45) is 3.42. The van der Waals surface area contributed by atoms with Crippen LogP contribution in [0.2, 0.25) is 0 Å². The van der Waals surface area contributed by atoms with Crippen LogP contribution in [0.15, 0.2) is 18.2 Å². The number of para-hydroxylation sites is 1. The van der Waals surface area contributed by atoms with Crippen LogP contribution in [0.1, 0.15) is 50.8 Å². The number of amides is 1. The van der Waals surface area contributed by atoms with Gasteiger partial charge in [0.15, 0.2) is 0 Å². The van der Waals surface area contributed by atoms with Crippen LogP contribution in [-0.4, -0.2) is 19.0 Å². The van der Waals surface area contributed by atoms with E-state index in [4.69, 9.17) is 0 Å². The summed E-state index contributed by atoms with van der Waals surface area (Å²) in [5.41, 5.74) is 3.82. The van der Waals surface area contributed by atoms with E-state index in [1.54, 1.807) is 0 Å². The summed E-state index contributed by atoms with van der Waals surface area (Å²) in [6.45, 7) is 8.12. The second-order valence-electron chi connectivity index (χ2n) is 7.01. The molecule has 3 rings (SSSR count). The Kier molecular flexibility index (Phi) is 3.23. The standard InChI is InChI=1S/C17H24N2O/c1-17(2,3)16(20)18-14-9-11-19-10-5-7-12-6-4-8-13(14)15(12)19/h4,6,8,14H,5,7,9-11H2,1-3H3,(H,18,20). The molecule has 1 aromatic rings. The molecule has 2 aliphatic heterocycles. The minimum atomic E-state index is -0.327. The normalized spacial score (nSPS) is 21.4. The van der Waals surface area contributed by atoms with Gasteiger partial charge in [-0.05, 0) is 30.4 Å². The maximum atomic E-state index is 12.3. The van der Waals surface area contributed by atoms with Crippen molar-refractivity contribution in [1.29, 1.82) is 0 Å². The van der Waals surface area contributed by atoms with Crippen molar-refractivity contribution in [2.75, 3.05) is 18.0 Å². The molecule has 0 saturated carbocycles. The van der Waals surface area contributed by atoms with Gasteiger partial charge < -0.3 is 10.2 Å². The summed E-state index contributed by atoms with van der Waals surface area (Å²) in [4.78, 5) is 14.8. The Bertz CT molecular complexity index is 530. The van der Waals surface area contributed by atoms with Crippen LogP contribution in [0.3, 0.4) is 0 Å². The minimum absolute atomic E-state index is 0.143. The van der Waals surface area contributed by atoms with Gasteiger partial charge in [-0.25, -0.2) is 0 Å². The third kappa shape index (κ3) is 2.30. The van der Waals surface area contributed by atoms with Gasteiger partial charge in [0.25, 0.3) is 0 Å². The molecule has 2 heterocycles. The molecule has 1 unspecified atom stereocenters. The maximum Gasteiger partial charge on any atom is 0.225 e. The highest BCUT2D eigenvalue weighted by Crippen LogP contribution is 2.39. The SMILES string of the molecule is CC(C)(C)C(=O)NC1CCN2CCCc3cccc1c32. The lowest BCUT2D eigenvalue weighted by atomic mass is 9.88. The number of nitrogens with one attached hydrogen (secondary N) is 1. The number of rotatable bonds is 1. The van der Waals surface area contributed by atoms with Gasteiger partial charge in [-0.1, -0.05) is 39.0 Å². The summed E-state index contributed by atoms with van der Waals surface area (Å²) in [5.74, 6) is 0.143. The second kappa shape index (κ2) is 4.80. The topological polar surface area (TPSA) is 32.3 Å². The van der Waals surface area contributed by atoms with Gasteiger partial charge in [0, 0.05) is 24.2 Å². The number of hydrogen-bond acceptors (Lipinski definition) is 2. The van der Waals surface area contributed by atoms with Gasteiger partial charge in [0.05, 0.1) is 6.04 Å². The van der Waals surface area contributed by atoms with Gasteiger partial charge in [0.1, 0.15) is 0 Å². The number of hydrogen-bond donors (Lipinski definition) is 1. The highest BCUT2D eigenvalue weighted by molar-refractivity contribution is 5.82. The van der Waals surface area contributed by atoms with Crippen LogP contribution >= 0.6 is 0 Å². The Morgan fingerprint density at radius 2 is 2.10 bits per heavy atom. The number of carbonyl (C=O) groups excluding carboxylic acids is 1. The molecule has 0 spiro atoms. The van der Waals surface area contributed by atoms with E-state index in [0.717, 1.165) is 19.5 Å². The molecule has 0 saturated heterocycles.